The van der Waals surface area contributed by atoms with Gasteiger partial charge in [-0.15, -0.1) is 0 Å². The summed E-state index contributed by atoms with van der Waals surface area (Å²) in [6, 6.07) is 0. The maximum atomic E-state index is 12.5. The van der Waals surface area contributed by atoms with Crippen molar-refractivity contribution in [3.8, 4) is 0 Å². The van der Waals surface area contributed by atoms with Crippen LogP contribution in [0, 0.1) is 0 Å². The smallest absolute Gasteiger partial charge is 0.462 e. The van der Waals surface area contributed by atoms with Crippen LogP contribution in [0.3, 0.4) is 0 Å². The van der Waals surface area contributed by atoms with E-state index < -0.39 is 32.5 Å². The first-order valence-electron chi connectivity index (χ1n) is 19.0. The summed E-state index contributed by atoms with van der Waals surface area (Å²) < 4.78 is 32.6. The SMILES string of the molecule is CCCCC/C=C\C/C=C\CCCCCCCC(=O)OC(COC(=O)CCCCCCC/C=C\CCCCC)COP(=O)(O)OCCN. The Bertz CT molecular complexity index is 892. The molecule has 0 fully saturated rings. The summed E-state index contributed by atoms with van der Waals surface area (Å²) in [6.45, 7) is 3.63. The fourth-order valence-corrected chi connectivity index (χ4v) is 5.66. The number of carbonyl (C=O) groups is 2. The average Bonchev–Trinajstić information content (AvgIpc) is 3.07. The summed E-state index contributed by atoms with van der Waals surface area (Å²) in [5.41, 5.74) is 5.33. The number of phosphoric acid groups is 1. The van der Waals surface area contributed by atoms with Crippen LogP contribution in [0.5, 0.6) is 0 Å². The molecule has 0 aliphatic heterocycles. The van der Waals surface area contributed by atoms with Gasteiger partial charge in [-0.25, -0.2) is 4.57 Å². The van der Waals surface area contributed by atoms with Crippen molar-refractivity contribution in [2.45, 2.75) is 168 Å². The van der Waals surface area contributed by atoms with Gasteiger partial charge in [0, 0.05) is 19.4 Å². The number of hydrogen-bond acceptors (Lipinski definition) is 8. The molecule has 0 saturated heterocycles. The largest absolute Gasteiger partial charge is 0.472 e. The van der Waals surface area contributed by atoms with Gasteiger partial charge in [0.15, 0.2) is 6.10 Å². The topological polar surface area (TPSA) is 134 Å². The number of unbranched alkanes of at least 4 members (excludes halogenated alkanes) is 16. The standard InChI is InChI=1S/C38H70NO8P/c1-3-5-7-9-11-13-15-17-18-19-21-23-25-27-29-31-38(41)47-36(35-46-48(42,43)45-33-32-39)34-44-37(40)30-28-26-24-22-20-16-14-12-10-8-6-4-2/h11-14,17-18,36H,3-10,15-16,19-35,39H2,1-2H3,(H,42,43)/b13-11-,14-12-,18-17-. The third kappa shape index (κ3) is 34.1. The monoisotopic (exact) mass is 699 g/mol. The van der Waals surface area contributed by atoms with Crippen LogP contribution < -0.4 is 5.73 Å². The van der Waals surface area contributed by atoms with Crippen molar-refractivity contribution in [3.05, 3.63) is 36.5 Å². The van der Waals surface area contributed by atoms with Crippen LogP contribution in [0.25, 0.3) is 0 Å². The van der Waals surface area contributed by atoms with Crippen LogP contribution in [0.1, 0.15) is 162 Å². The van der Waals surface area contributed by atoms with E-state index in [1.165, 1.54) is 51.4 Å². The molecule has 0 aromatic rings. The molecule has 0 spiro atoms. The molecule has 0 aliphatic rings. The van der Waals surface area contributed by atoms with Gasteiger partial charge >= 0.3 is 19.8 Å². The predicted octanol–water partition coefficient (Wildman–Crippen LogP) is 10.2. The Balaban J connectivity index is 4.27. The quantitative estimate of drug-likeness (QED) is 0.0287. The summed E-state index contributed by atoms with van der Waals surface area (Å²) >= 11 is 0. The van der Waals surface area contributed by atoms with E-state index in [0.29, 0.717) is 6.42 Å². The molecule has 48 heavy (non-hydrogen) atoms. The first-order chi connectivity index (χ1) is 23.3. The molecule has 0 aromatic heterocycles. The highest BCUT2D eigenvalue weighted by Crippen LogP contribution is 2.43. The maximum absolute atomic E-state index is 12.5. The van der Waals surface area contributed by atoms with Crippen molar-refractivity contribution < 1.29 is 37.6 Å². The number of hydrogen-bond donors (Lipinski definition) is 2. The maximum Gasteiger partial charge on any atom is 0.472 e. The zero-order valence-electron chi connectivity index (χ0n) is 30.5. The third-order valence-corrected chi connectivity index (χ3v) is 8.73. The van der Waals surface area contributed by atoms with Crippen molar-refractivity contribution in [3.63, 3.8) is 0 Å². The average molecular weight is 700 g/mol. The summed E-state index contributed by atoms with van der Waals surface area (Å²) in [7, 11) is -4.37. The normalized spacial score (nSPS) is 13.8. The number of carbonyl (C=O) groups excluding carboxylic acids is 2. The summed E-state index contributed by atoms with van der Waals surface area (Å²) in [5, 5.41) is 0. The highest BCUT2D eigenvalue weighted by atomic mass is 31.2. The molecule has 0 aliphatic carbocycles. The lowest BCUT2D eigenvalue weighted by atomic mass is 10.1. The van der Waals surface area contributed by atoms with Gasteiger partial charge < -0.3 is 20.1 Å². The lowest BCUT2D eigenvalue weighted by molar-refractivity contribution is -0.161. The van der Waals surface area contributed by atoms with Gasteiger partial charge in [-0.1, -0.05) is 115 Å². The Labute approximate surface area is 293 Å². The Hall–Kier alpha value is -1.77. The molecule has 3 N–H and O–H groups in total. The Morgan fingerprint density at radius 2 is 1.08 bits per heavy atom. The Morgan fingerprint density at radius 1 is 0.625 bits per heavy atom. The summed E-state index contributed by atoms with van der Waals surface area (Å²) in [5.74, 6) is -0.858. The highest BCUT2D eigenvalue weighted by Gasteiger charge is 2.25. The summed E-state index contributed by atoms with van der Waals surface area (Å²) in [4.78, 5) is 34.7. The molecule has 0 bridgehead atoms. The van der Waals surface area contributed by atoms with Gasteiger partial charge in [0.2, 0.25) is 0 Å². The third-order valence-electron chi connectivity index (χ3n) is 7.75. The minimum atomic E-state index is -4.37. The van der Waals surface area contributed by atoms with Crippen molar-refractivity contribution >= 4 is 19.8 Å². The molecule has 10 heteroatoms. The fraction of sp³-hybridized carbons (Fsp3) is 0.789. The minimum Gasteiger partial charge on any atom is -0.462 e. The minimum absolute atomic E-state index is 0.0493. The van der Waals surface area contributed by atoms with E-state index in [4.69, 9.17) is 24.3 Å². The van der Waals surface area contributed by atoms with E-state index in [-0.39, 0.29) is 32.6 Å². The molecule has 0 saturated carbocycles. The zero-order valence-corrected chi connectivity index (χ0v) is 31.4. The molecule has 9 nitrogen and oxygen atoms in total. The van der Waals surface area contributed by atoms with Crippen LogP contribution in [-0.2, 0) is 32.7 Å². The van der Waals surface area contributed by atoms with Crippen LogP contribution in [0.15, 0.2) is 36.5 Å². The van der Waals surface area contributed by atoms with E-state index in [0.717, 1.165) is 77.0 Å². The van der Waals surface area contributed by atoms with Crippen LogP contribution in [0.2, 0.25) is 0 Å². The first-order valence-corrected chi connectivity index (χ1v) is 20.5. The van der Waals surface area contributed by atoms with E-state index >= 15 is 0 Å². The Kier molecular flexibility index (Phi) is 33.8. The van der Waals surface area contributed by atoms with Crippen molar-refractivity contribution in [1.29, 1.82) is 0 Å². The second-order valence-electron chi connectivity index (χ2n) is 12.4. The predicted molar refractivity (Wildman–Crippen MR) is 197 cm³/mol. The van der Waals surface area contributed by atoms with E-state index in [1.807, 2.05) is 0 Å². The van der Waals surface area contributed by atoms with Gasteiger partial charge in [-0.05, 0) is 70.6 Å². The number of ether oxygens (including phenoxy) is 2. The van der Waals surface area contributed by atoms with E-state index in [1.54, 1.807) is 0 Å². The van der Waals surface area contributed by atoms with Crippen LogP contribution >= 0.6 is 7.82 Å². The molecule has 2 atom stereocenters. The summed E-state index contributed by atoms with van der Waals surface area (Å²) in [6.07, 6.45) is 36.0. The zero-order chi connectivity index (χ0) is 35.4. The van der Waals surface area contributed by atoms with Gasteiger partial charge in [0.25, 0.3) is 0 Å². The molecule has 0 rings (SSSR count). The van der Waals surface area contributed by atoms with Gasteiger partial charge in [-0.2, -0.15) is 0 Å². The molecule has 0 heterocycles. The number of rotatable bonds is 35. The van der Waals surface area contributed by atoms with Gasteiger partial charge in [-0.3, -0.25) is 18.6 Å². The van der Waals surface area contributed by atoms with Gasteiger partial charge in [0.05, 0.1) is 13.2 Å². The lowest BCUT2D eigenvalue weighted by Crippen LogP contribution is -2.29. The molecule has 0 aromatic carbocycles. The number of esters is 2. The molecular formula is C38H70NO8P. The molecule has 2 unspecified atom stereocenters. The van der Waals surface area contributed by atoms with Crippen LogP contribution in [-0.4, -0.2) is 49.3 Å². The van der Waals surface area contributed by atoms with Crippen molar-refractivity contribution in [2.24, 2.45) is 5.73 Å². The fourth-order valence-electron chi connectivity index (χ4n) is 4.89. The molecular weight excluding hydrogens is 629 g/mol. The Morgan fingerprint density at radius 3 is 1.60 bits per heavy atom. The molecule has 0 amide bonds. The van der Waals surface area contributed by atoms with Crippen molar-refractivity contribution in [2.75, 3.05) is 26.4 Å². The number of allylic oxidation sites excluding steroid dienone is 6. The van der Waals surface area contributed by atoms with E-state index in [9.17, 15) is 19.0 Å². The second-order valence-corrected chi connectivity index (χ2v) is 13.9. The lowest BCUT2D eigenvalue weighted by Gasteiger charge is -2.19. The molecule has 280 valence electrons. The van der Waals surface area contributed by atoms with Crippen molar-refractivity contribution in [1.82, 2.24) is 0 Å². The number of phosphoric ester groups is 1. The van der Waals surface area contributed by atoms with Crippen LogP contribution in [0.4, 0.5) is 0 Å². The second kappa shape index (κ2) is 35.1. The van der Waals surface area contributed by atoms with E-state index in [2.05, 4.69) is 50.3 Å². The first kappa shape index (κ1) is 46.2. The number of nitrogens with two attached hydrogens (primary N) is 1. The highest BCUT2D eigenvalue weighted by molar-refractivity contribution is 7.47. The molecule has 0 radical (unpaired) electrons. The van der Waals surface area contributed by atoms with Gasteiger partial charge in [0.1, 0.15) is 6.61 Å².